The SMILES string of the molecule is Cc1ccc2c(c1)C(S(=O)(=O)c1ccc(C)c(C)c1)CCC2. The smallest absolute Gasteiger partial charge is 0.185 e. The van der Waals surface area contributed by atoms with Crippen molar-refractivity contribution in [1.29, 1.82) is 0 Å². The lowest BCUT2D eigenvalue weighted by Gasteiger charge is -2.26. The van der Waals surface area contributed by atoms with E-state index in [1.54, 1.807) is 6.07 Å². The quantitative estimate of drug-likeness (QED) is 0.820. The topological polar surface area (TPSA) is 34.1 Å². The standard InChI is InChI=1S/C19H22O2S/c1-13-7-9-16-5-4-6-19(18(16)11-13)22(20,21)17-10-8-14(2)15(3)12-17/h7-12,19H,4-6H2,1-3H3. The first-order chi connectivity index (χ1) is 10.4. The molecule has 1 atom stereocenters. The molecule has 2 nitrogen and oxygen atoms in total. The number of rotatable bonds is 2. The molecule has 0 heterocycles. The van der Waals surface area contributed by atoms with Crippen molar-refractivity contribution in [2.75, 3.05) is 0 Å². The molecule has 2 aromatic rings. The molecule has 0 saturated heterocycles. The molecule has 3 heteroatoms. The van der Waals surface area contributed by atoms with E-state index in [1.807, 2.05) is 32.9 Å². The van der Waals surface area contributed by atoms with Crippen LogP contribution >= 0.6 is 0 Å². The van der Waals surface area contributed by atoms with E-state index in [9.17, 15) is 8.42 Å². The zero-order valence-electron chi connectivity index (χ0n) is 13.4. The van der Waals surface area contributed by atoms with Crippen LogP contribution in [-0.2, 0) is 16.3 Å². The molecule has 116 valence electrons. The van der Waals surface area contributed by atoms with Crippen molar-refractivity contribution < 1.29 is 8.42 Å². The van der Waals surface area contributed by atoms with Gasteiger partial charge in [-0.3, -0.25) is 0 Å². The van der Waals surface area contributed by atoms with Gasteiger partial charge < -0.3 is 0 Å². The first-order valence-electron chi connectivity index (χ1n) is 7.80. The van der Waals surface area contributed by atoms with Gasteiger partial charge in [-0.25, -0.2) is 8.42 Å². The van der Waals surface area contributed by atoms with Gasteiger partial charge in [-0.05, 0) is 74.4 Å². The number of benzene rings is 2. The first kappa shape index (κ1) is 15.3. The van der Waals surface area contributed by atoms with Crippen molar-refractivity contribution in [3.05, 3.63) is 64.2 Å². The van der Waals surface area contributed by atoms with E-state index >= 15 is 0 Å². The van der Waals surface area contributed by atoms with Crippen LogP contribution in [0.3, 0.4) is 0 Å². The molecule has 0 fully saturated rings. The van der Waals surface area contributed by atoms with Crippen LogP contribution in [-0.4, -0.2) is 8.42 Å². The Labute approximate surface area is 133 Å². The molecule has 2 aromatic carbocycles. The number of sulfone groups is 1. The molecule has 22 heavy (non-hydrogen) atoms. The summed E-state index contributed by atoms with van der Waals surface area (Å²) in [6, 6.07) is 11.7. The van der Waals surface area contributed by atoms with E-state index in [-0.39, 0.29) is 0 Å². The van der Waals surface area contributed by atoms with Gasteiger partial charge in [-0.2, -0.15) is 0 Å². The van der Waals surface area contributed by atoms with E-state index in [2.05, 4.69) is 18.2 Å². The molecule has 1 aliphatic rings. The maximum atomic E-state index is 13.1. The van der Waals surface area contributed by atoms with Crippen LogP contribution in [0.4, 0.5) is 0 Å². The van der Waals surface area contributed by atoms with Gasteiger partial charge in [0.05, 0.1) is 10.1 Å². The second-order valence-corrected chi connectivity index (χ2v) is 8.50. The molecular formula is C19H22O2S. The molecular weight excluding hydrogens is 292 g/mol. The van der Waals surface area contributed by atoms with Crippen molar-refractivity contribution in [3.8, 4) is 0 Å². The van der Waals surface area contributed by atoms with Gasteiger partial charge in [0.1, 0.15) is 0 Å². The van der Waals surface area contributed by atoms with E-state index in [0.717, 1.165) is 35.1 Å². The van der Waals surface area contributed by atoms with Crippen molar-refractivity contribution >= 4 is 9.84 Å². The summed E-state index contributed by atoms with van der Waals surface area (Å²) in [5.41, 5.74) is 5.47. The summed E-state index contributed by atoms with van der Waals surface area (Å²) in [5.74, 6) is 0. The highest BCUT2D eigenvalue weighted by Crippen LogP contribution is 2.39. The molecule has 0 amide bonds. The average molecular weight is 314 g/mol. The van der Waals surface area contributed by atoms with Gasteiger partial charge in [-0.15, -0.1) is 0 Å². The zero-order chi connectivity index (χ0) is 15.9. The van der Waals surface area contributed by atoms with Gasteiger partial charge >= 0.3 is 0 Å². The summed E-state index contributed by atoms with van der Waals surface area (Å²) < 4.78 is 26.2. The van der Waals surface area contributed by atoms with E-state index in [4.69, 9.17) is 0 Å². The highest BCUT2D eigenvalue weighted by Gasteiger charge is 2.33. The van der Waals surface area contributed by atoms with Crippen LogP contribution in [0.25, 0.3) is 0 Å². The van der Waals surface area contributed by atoms with Crippen molar-refractivity contribution in [1.82, 2.24) is 0 Å². The Hall–Kier alpha value is -1.61. The summed E-state index contributed by atoms with van der Waals surface area (Å²) in [6.45, 7) is 5.99. The number of aryl methyl sites for hydroxylation is 4. The van der Waals surface area contributed by atoms with Crippen LogP contribution < -0.4 is 0 Å². The van der Waals surface area contributed by atoms with Gasteiger partial charge in [-0.1, -0.05) is 29.8 Å². The largest absolute Gasteiger partial charge is 0.223 e. The van der Waals surface area contributed by atoms with Crippen LogP contribution in [0.1, 0.15) is 45.9 Å². The summed E-state index contributed by atoms with van der Waals surface area (Å²) in [5, 5.41) is -0.404. The van der Waals surface area contributed by atoms with Crippen molar-refractivity contribution in [3.63, 3.8) is 0 Å². The highest BCUT2D eigenvalue weighted by atomic mass is 32.2. The molecule has 1 unspecified atom stereocenters. The van der Waals surface area contributed by atoms with Crippen molar-refractivity contribution in [2.45, 2.75) is 50.2 Å². The lowest BCUT2D eigenvalue weighted by molar-refractivity contribution is 0.560. The molecule has 0 radical (unpaired) electrons. The van der Waals surface area contributed by atoms with Gasteiger partial charge in [0.25, 0.3) is 0 Å². The lowest BCUT2D eigenvalue weighted by atomic mass is 9.90. The maximum absolute atomic E-state index is 13.1. The minimum atomic E-state index is -3.33. The van der Waals surface area contributed by atoms with Gasteiger partial charge in [0, 0.05) is 0 Å². The minimum Gasteiger partial charge on any atom is -0.223 e. The van der Waals surface area contributed by atoms with E-state index in [0.29, 0.717) is 11.3 Å². The van der Waals surface area contributed by atoms with Crippen molar-refractivity contribution in [2.24, 2.45) is 0 Å². The first-order valence-corrected chi connectivity index (χ1v) is 9.35. The predicted octanol–water partition coefficient (Wildman–Crippen LogP) is 4.46. The van der Waals surface area contributed by atoms with E-state index < -0.39 is 15.1 Å². The fourth-order valence-electron chi connectivity index (χ4n) is 3.25. The third-order valence-corrected chi connectivity index (χ3v) is 6.89. The lowest BCUT2D eigenvalue weighted by Crippen LogP contribution is -2.19. The van der Waals surface area contributed by atoms with Crippen LogP contribution in [0.15, 0.2) is 41.3 Å². The molecule has 0 spiro atoms. The fraction of sp³-hybridized carbons (Fsp3) is 0.368. The highest BCUT2D eigenvalue weighted by molar-refractivity contribution is 7.91. The fourth-order valence-corrected chi connectivity index (χ4v) is 5.21. The molecule has 0 saturated carbocycles. The molecule has 0 aromatic heterocycles. The third-order valence-electron chi connectivity index (χ3n) is 4.74. The molecule has 1 aliphatic carbocycles. The predicted molar refractivity (Wildman–Crippen MR) is 90.0 cm³/mol. The zero-order valence-corrected chi connectivity index (χ0v) is 14.2. The monoisotopic (exact) mass is 314 g/mol. The van der Waals surface area contributed by atoms with Gasteiger partial charge in [0.2, 0.25) is 0 Å². The third kappa shape index (κ3) is 2.58. The Kier molecular flexibility index (Phi) is 3.85. The second kappa shape index (κ2) is 5.54. The Morgan fingerprint density at radius 2 is 1.73 bits per heavy atom. The number of hydrogen-bond acceptors (Lipinski definition) is 2. The molecule has 0 N–H and O–H groups in total. The Morgan fingerprint density at radius 1 is 0.955 bits per heavy atom. The average Bonchev–Trinajstić information content (AvgIpc) is 2.49. The summed E-state index contributed by atoms with van der Waals surface area (Å²) in [4.78, 5) is 0.454. The van der Waals surface area contributed by atoms with Crippen LogP contribution in [0, 0.1) is 20.8 Å². The Balaban J connectivity index is 2.11. The summed E-state index contributed by atoms with van der Waals surface area (Å²) in [7, 11) is -3.33. The maximum Gasteiger partial charge on any atom is 0.185 e. The molecule has 0 bridgehead atoms. The minimum absolute atomic E-state index is 0.404. The number of hydrogen-bond donors (Lipinski definition) is 0. The van der Waals surface area contributed by atoms with Gasteiger partial charge in [0.15, 0.2) is 9.84 Å². The Morgan fingerprint density at radius 3 is 2.45 bits per heavy atom. The number of fused-ring (bicyclic) bond motifs is 1. The van der Waals surface area contributed by atoms with Crippen LogP contribution in [0.2, 0.25) is 0 Å². The molecule has 0 aliphatic heterocycles. The summed E-state index contributed by atoms with van der Waals surface area (Å²) in [6.07, 6.45) is 2.63. The van der Waals surface area contributed by atoms with E-state index in [1.165, 1.54) is 5.56 Å². The second-order valence-electron chi connectivity index (χ2n) is 6.37. The molecule has 3 rings (SSSR count). The Bertz CT molecular complexity index is 819. The normalized spacial score (nSPS) is 18.0. The van der Waals surface area contributed by atoms with Crippen LogP contribution in [0.5, 0.6) is 0 Å². The summed E-state index contributed by atoms with van der Waals surface area (Å²) >= 11 is 0.